The molecule has 0 bridgehead atoms. The summed E-state index contributed by atoms with van der Waals surface area (Å²) in [6.07, 6.45) is 0.964. The standard InChI is InChI=1S/C16H11F3N2O3/c1-24-16(23)9-2-3-10(14(19)6-9)8-20-21-15(22)12-7-11(17)4-5-13(12)18/h2-8H,1H3,(H,21,22)/b20-8+. The lowest BCUT2D eigenvalue weighted by Gasteiger charge is -2.03. The minimum atomic E-state index is -0.991. The highest BCUT2D eigenvalue weighted by atomic mass is 19.1. The van der Waals surface area contributed by atoms with Crippen LogP contribution in [0.4, 0.5) is 13.2 Å². The number of carbonyl (C=O) groups excluding carboxylic acids is 2. The Kier molecular flexibility index (Phi) is 5.31. The first kappa shape index (κ1) is 17.2. The van der Waals surface area contributed by atoms with Crippen LogP contribution < -0.4 is 5.43 Å². The molecule has 0 aromatic heterocycles. The zero-order valence-electron chi connectivity index (χ0n) is 12.3. The molecule has 0 radical (unpaired) electrons. The van der Waals surface area contributed by atoms with Gasteiger partial charge in [-0.3, -0.25) is 4.79 Å². The fraction of sp³-hybridized carbons (Fsp3) is 0.0625. The molecule has 1 amide bonds. The average Bonchev–Trinajstić information content (AvgIpc) is 2.57. The molecule has 0 saturated heterocycles. The molecule has 2 rings (SSSR count). The van der Waals surface area contributed by atoms with Crippen molar-refractivity contribution in [3.05, 3.63) is 70.5 Å². The molecule has 5 nitrogen and oxygen atoms in total. The minimum Gasteiger partial charge on any atom is -0.465 e. The van der Waals surface area contributed by atoms with Crippen LogP contribution in [0.25, 0.3) is 0 Å². The lowest BCUT2D eigenvalue weighted by molar-refractivity contribution is 0.0600. The normalized spacial score (nSPS) is 10.7. The van der Waals surface area contributed by atoms with Gasteiger partial charge in [-0.2, -0.15) is 5.10 Å². The average molecular weight is 336 g/mol. The van der Waals surface area contributed by atoms with Crippen LogP contribution in [0.3, 0.4) is 0 Å². The van der Waals surface area contributed by atoms with Gasteiger partial charge in [-0.25, -0.2) is 23.4 Å². The van der Waals surface area contributed by atoms with Gasteiger partial charge in [-0.05, 0) is 36.4 Å². The molecule has 0 fully saturated rings. The van der Waals surface area contributed by atoms with E-state index in [9.17, 15) is 22.8 Å². The number of ether oxygens (including phenoxy) is 1. The van der Waals surface area contributed by atoms with Gasteiger partial charge in [0.25, 0.3) is 5.91 Å². The maximum absolute atomic E-state index is 13.8. The number of methoxy groups -OCH3 is 1. The van der Waals surface area contributed by atoms with Gasteiger partial charge < -0.3 is 4.74 Å². The number of hydrogen-bond donors (Lipinski definition) is 1. The van der Waals surface area contributed by atoms with Crippen LogP contribution in [0.2, 0.25) is 0 Å². The van der Waals surface area contributed by atoms with Crippen LogP contribution in [0, 0.1) is 17.5 Å². The quantitative estimate of drug-likeness (QED) is 0.530. The summed E-state index contributed by atoms with van der Waals surface area (Å²) >= 11 is 0. The fourth-order valence-corrected chi connectivity index (χ4v) is 1.77. The third kappa shape index (κ3) is 3.97. The summed E-state index contributed by atoms with van der Waals surface area (Å²) in [4.78, 5) is 22.9. The van der Waals surface area contributed by atoms with Crippen molar-refractivity contribution in [1.29, 1.82) is 0 Å². The Morgan fingerprint density at radius 2 is 1.83 bits per heavy atom. The van der Waals surface area contributed by atoms with Crippen molar-refractivity contribution in [2.45, 2.75) is 0 Å². The lowest BCUT2D eigenvalue weighted by atomic mass is 10.1. The zero-order valence-corrected chi connectivity index (χ0v) is 12.3. The van der Waals surface area contributed by atoms with Gasteiger partial charge in [0.2, 0.25) is 0 Å². The number of hydrogen-bond acceptors (Lipinski definition) is 4. The lowest BCUT2D eigenvalue weighted by Crippen LogP contribution is -2.19. The Labute approximate surface area is 134 Å². The summed E-state index contributed by atoms with van der Waals surface area (Å²) in [6, 6.07) is 5.89. The van der Waals surface area contributed by atoms with E-state index < -0.39 is 34.9 Å². The van der Waals surface area contributed by atoms with Gasteiger partial charge in [0.1, 0.15) is 17.5 Å². The van der Waals surface area contributed by atoms with Crippen molar-refractivity contribution in [2.24, 2.45) is 5.10 Å². The molecule has 2 aromatic carbocycles. The fourth-order valence-electron chi connectivity index (χ4n) is 1.77. The van der Waals surface area contributed by atoms with Gasteiger partial charge >= 0.3 is 5.97 Å². The number of nitrogens with one attached hydrogen (secondary N) is 1. The van der Waals surface area contributed by atoms with E-state index in [-0.39, 0.29) is 11.1 Å². The molecule has 0 spiro atoms. The number of halogens is 3. The molecular formula is C16H11F3N2O3. The van der Waals surface area contributed by atoms with Gasteiger partial charge in [-0.15, -0.1) is 0 Å². The highest BCUT2D eigenvalue weighted by Crippen LogP contribution is 2.11. The van der Waals surface area contributed by atoms with E-state index in [4.69, 9.17) is 0 Å². The molecule has 24 heavy (non-hydrogen) atoms. The summed E-state index contributed by atoms with van der Waals surface area (Å²) in [5, 5.41) is 3.47. The predicted molar refractivity (Wildman–Crippen MR) is 79.2 cm³/mol. The molecule has 0 heterocycles. The zero-order chi connectivity index (χ0) is 17.7. The van der Waals surface area contributed by atoms with E-state index in [0.29, 0.717) is 6.07 Å². The summed E-state index contributed by atoms with van der Waals surface area (Å²) in [5.41, 5.74) is 1.41. The summed E-state index contributed by atoms with van der Waals surface area (Å²) in [7, 11) is 1.16. The highest BCUT2D eigenvalue weighted by Gasteiger charge is 2.12. The monoisotopic (exact) mass is 336 g/mol. The van der Waals surface area contributed by atoms with Gasteiger partial charge in [0.05, 0.1) is 24.5 Å². The van der Waals surface area contributed by atoms with E-state index in [2.05, 4.69) is 9.84 Å². The predicted octanol–water partition coefficient (Wildman–Crippen LogP) is 2.65. The topological polar surface area (TPSA) is 67.8 Å². The number of hydrazone groups is 1. The molecule has 0 aliphatic rings. The second kappa shape index (κ2) is 7.40. The summed E-state index contributed by atoms with van der Waals surface area (Å²) in [5.74, 6) is -4.16. The van der Waals surface area contributed by atoms with Crippen LogP contribution in [0.1, 0.15) is 26.3 Å². The molecule has 0 saturated carbocycles. The molecule has 0 atom stereocenters. The minimum absolute atomic E-state index is 0.0121. The molecule has 1 N–H and O–H groups in total. The SMILES string of the molecule is COC(=O)c1ccc(/C=N/NC(=O)c2cc(F)ccc2F)c(F)c1. The smallest absolute Gasteiger partial charge is 0.337 e. The second-order valence-electron chi connectivity index (χ2n) is 4.55. The molecule has 124 valence electrons. The van der Waals surface area contributed by atoms with Crippen LogP contribution in [0.5, 0.6) is 0 Å². The maximum atomic E-state index is 13.8. The first-order chi connectivity index (χ1) is 11.4. The van der Waals surface area contributed by atoms with Gasteiger partial charge in [0.15, 0.2) is 0 Å². The Bertz CT molecular complexity index is 822. The van der Waals surface area contributed by atoms with E-state index in [1.807, 2.05) is 5.43 Å². The molecule has 0 unspecified atom stereocenters. The Balaban J connectivity index is 2.10. The molecule has 0 aliphatic heterocycles. The number of rotatable bonds is 4. The second-order valence-corrected chi connectivity index (χ2v) is 4.55. The van der Waals surface area contributed by atoms with E-state index >= 15 is 0 Å². The summed E-state index contributed by atoms with van der Waals surface area (Å²) < 4.78 is 44.7. The number of esters is 1. The maximum Gasteiger partial charge on any atom is 0.337 e. The van der Waals surface area contributed by atoms with Gasteiger partial charge in [0, 0.05) is 5.56 Å². The van der Waals surface area contributed by atoms with Crippen LogP contribution >= 0.6 is 0 Å². The molecule has 8 heteroatoms. The van der Waals surface area contributed by atoms with E-state index in [0.717, 1.165) is 31.5 Å². The van der Waals surface area contributed by atoms with Crippen molar-refractivity contribution in [3.8, 4) is 0 Å². The van der Waals surface area contributed by atoms with Crippen molar-refractivity contribution in [2.75, 3.05) is 7.11 Å². The highest BCUT2D eigenvalue weighted by molar-refractivity contribution is 5.95. The molecule has 2 aromatic rings. The Hall–Kier alpha value is -3.16. The number of amides is 1. The van der Waals surface area contributed by atoms with E-state index in [1.54, 1.807) is 0 Å². The number of carbonyl (C=O) groups is 2. The number of nitrogens with zero attached hydrogens (tertiary/aromatic N) is 1. The molecular weight excluding hydrogens is 325 g/mol. The number of benzene rings is 2. The summed E-state index contributed by atoms with van der Waals surface area (Å²) in [6.45, 7) is 0. The van der Waals surface area contributed by atoms with Gasteiger partial charge in [-0.1, -0.05) is 0 Å². The van der Waals surface area contributed by atoms with Crippen LogP contribution in [0.15, 0.2) is 41.5 Å². The Morgan fingerprint density at radius 1 is 1.08 bits per heavy atom. The van der Waals surface area contributed by atoms with Crippen molar-refractivity contribution < 1.29 is 27.5 Å². The third-order valence-corrected chi connectivity index (χ3v) is 2.96. The first-order valence-corrected chi connectivity index (χ1v) is 6.58. The molecule has 0 aliphatic carbocycles. The largest absolute Gasteiger partial charge is 0.465 e. The van der Waals surface area contributed by atoms with Crippen molar-refractivity contribution >= 4 is 18.1 Å². The Morgan fingerprint density at radius 3 is 2.50 bits per heavy atom. The van der Waals surface area contributed by atoms with Crippen LogP contribution in [-0.2, 0) is 4.74 Å². The van der Waals surface area contributed by atoms with Crippen molar-refractivity contribution in [3.63, 3.8) is 0 Å². The first-order valence-electron chi connectivity index (χ1n) is 6.58. The van der Waals surface area contributed by atoms with Crippen molar-refractivity contribution in [1.82, 2.24) is 5.43 Å². The van der Waals surface area contributed by atoms with E-state index in [1.165, 1.54) is 12.1 Å². The third-order valence-electron chi connectivity index (χ3n) is 2.96. The van der Waals surface area contributed by atoms with Crippen LogP contribution in [-0.4, -0.2) is 25.2 Å².